The van der Waals surface area contributed by atoms with Crippen LogP contribution in [-0.2, 0) is 13.5 Å². The van der Waals surface area contributed by atoms with Crippen molar-refractivity contribution >= 4 is 32.6 Å². The molecular weight excluding hydrogens is 324 g/mol. The highest BCUT2D eigenvalue weighted by atomic mass is 32.1. The smallest absolute Gasteiger partial charge is 0.279 e. The molecule has 3 aromatic rings. The number of benzene rings is 1. The van der Waals surface area contributed by atoms with Crippen LogP contribution in [0.25, 0.3) is 10.2 Å². The van der Waals surface area contributed by atoms with Crippen LogP contribution in [0.4, 0.5) is 5.13 Å². The van der Waals surface area contributed by atoms with Gasteiger partial charge in [0.1, 0.15) is 5.56 Å². The van der Waals surface area contributed by atoms with E-state index in [1.807, 2.05) is 12.1 Å². The number of hydrogen-bond acceptors (Lipinski definition) is 5. The van der Waals surface area contributed by atoms with E-state index >= 15 is 0 Å². The van der Waals surface area contributed by atoms with E-state index in [1.165, 1.54) is 28.6 Å². The number of thiazole rings is 1. The number of carbonyl (C=O) groups excluding carboxylic acids is 1. The van der Waals surface area contributed by atoms with E-state index in [0.29, 0.717) is 16.4 Å². The zero-order valence-electron chi connectivity index (χ0n) is 14.0. The van der Waals surface area contributed by atoms with Gasteiger partial charge in [0.05, 0.1) is 15.9 Å². The third-order valence-corrected chi connectivity index (χ3v) is 4.97. The molecule has 1 aromatic carbocycles. The maximum Gasteiger partial charge on any atom is 0.279 e. The molecule has 0 fully saturated rings. The zero-order valence-corrected chi connectivity index (χ0v) is 14.8. The zero-order chi connectivity index (χ0) is 17.4. The molecule has 0 atom stereocenters. The first kappa shape index (κ1) is 16.3. The van der Waals surface area contributed by atoms with Crippen molar-refractivity contribution in [2.45, 2.75) is 27.2 Å². The summed E-state index contributed by atoms with van der Waals surface area (Å²) < 4.78 is 2.20. The minimum atomic E-state index is -0.451. The summed E-state index contributed by atoms with van der Waals surface area (Å²) in [7, 11) is 1.54. The molecule has 0 saturated carbocycles. The van der Waals surface area contributed by atoms with Crippen molar-refractivity contribution in [1.29, 1.82) is 0 Å². The van der Waals surface area contributed by atoms with Crippen molar-refractivity contribution in [3.63, 3.8) is 0 Å². The van der Waals surface area contributed by atoms with Crippen molar-refractivity contribution < 1.29 is 4.79 Å². The normalized spacial score (nSPS) is 11.0. The molecule has 2 aromatic heterocycles. The van der Waals surface area contributed by atoms with Gasteiger partial charge in [-0.15, -0.1) is 0 Å². The molecule has 1 amide bonds. The van der Waals surface area contributed by atoms with E-state index in [-0.39, 0.29) is 5.56 Å². The number of fused-ring (bicyclic) bond motifs is 1. The Labute approximate surface area is 143 Å². The third kappa shape index (κ3) is 2.82. The largest absolute Gasteiger partial charge is 0.298 e. The number of nitrogens with zero attached hydrogens (tertiary/aromatic N) is 3. The molecule has 0 unspecified atom stereocenters. The fourth-order valence-electron chi connectivity index (χ4n) is 2.52. The number of aryl methyl sites for hydroxylation is 3. The number of hydrogen-bond donors (Lipinski definition) is 1. The lowest BCUT2D eigenvalue weighted by Gasteiger charge is -2.08. The predicted molar refractivity (Wildman–Crippen MR) is 95.9 cm³/mol. The number of carbonyl (C=O) groups is 1. The molecule has 0 aliphatic carbocycles. The molecular formula is C17H18N4O2S. The van der Waals surface area contributed by atoms with E-state index in [1.54, 1.807) is 13.8 Å². The van der Waals surface area contributed by atoms with Crippen LogP contribution in [-0.4, -0.2) is 20.7 Å². The van der Waals surface area contributed by atoms with Gasteiger partial charge < -0.3 is 0 Å². The van der Waals surface area contributed by atoms with Crippen molar-refractivity contribution in [1.82, 2.24) is 14.8 Å². The van der Waals surface area contributed by atoms with Crippen LogP contribution in [0.3, 0.4) is 0 Å². The van der Waals surface area contributed by atoms with Gasteiger partial charge in [-0.2, -0.15) is 5.10 Å². The molecule has 124 valence electrons. The molecule has 6 nitrogen and oxygen atoms in total. The molecule has 3 rings (SSSR count). The highest BCUT2D eigenvalue weighted by Crippen LogP contribution is 2.27. The van der Waals surface area contributed by atoms with E-state index in [4.69, 9.17) is 0 Å². The van der Waals surface area contributed by atoms with Crippen molar-refractivity contribution in [2.24, 2.45) is 7.05 Å². The van der Waals surface area contributed by atoms with Gasteiger partial charge in [0, 0.05) is 7.05 Å². The Kier molecular flexibility index (Phi) is 4.19. The monoisotopic (exact) mass is 342 g/mol. The van der Waals surface area contributed by atoms with E-state index in [2.05, 4.69) is 28.4 Å². The number of rotatable bonds is 3. The summed E-state index contributed by atoms with van der Waals surface area (Å²) in [6, 6.07) is 6.05. The topological polar surface area (TPSA) is 76.9 Å². The lowest BCUT2D eigenvalue weighted by molar-refractivity contribution is 0.102. The first-order valence-corrected chi connectivity index (χ1v) is 8.47. The summed E-state index contributed by atoms with van der Waals surface area (Å²) in [5.41, 5.74) is 2.99. The van der Waals surface area contributed by atoms with Crippen LogP contribution in [0.1, 0.15) is 34.1 Å². The van der Waals surface area contributed by atoms with Crippen LogP contribution < -0.4 is 10.9 Å². The molecule has 0 bridgehead atoms. The maximum atomic E-state index is 12.6. The Morgan fingerprint density at radius 2 is 2.08 bits per heavy atom. The second-order valence-electron chi connectivity index (χ2n) is 5.64. The van der Waals surface area contributed by atoms with E-state index in [0.717, 1.165) is 16.6 Å². The number of nitrogens with one attached hydrogen (secondary N) is 1. The molecule has 0 radical (unpaired) electrons. The standard InChI is InChI=1S/C17H18N4O2S/c1-5-11-6-7-12-13(8-11)24-17(18-12)19-15(22)14-9(2)10(3)20-21(4)16(14)23/h6-8H,5H2,1-4H3,(H,18,19,22). The summed E-state index contributed by atoms with van der Waals surface area (Å²) in [5.74, 6) is -0.451. The second kappa shape index (κ2) is 6.16. The molecule has 0 aliphatic heterocycles. The Morgan fingerprint density at radius 3 is 2.79 bits per heavy atom. The van der Waals surface area contributed by atoms with Gasteiger partial charge in [-0.3, -0.25) is 14.9 Å². The van der Waals surface area contributed by atoms with Gasteiger partial charge in [0.2, 0.25) is 0 Å². The Morgan fingerprint density at radius 1 is 1.33 bits per heavy atom. The van der Waals surface area contributed by atoms with E-state index < -0.39 is 11.5 Å². The van der Waals surface area contributed by atoms with Crippen LogP contribution in [0, 0.1) is 13.8 Å². The fraction of sp³-hybridized carbons (Fsp3) is 0.294. The Balaban J connectivity index is 1.97. The molecule has 0 saturated heterocycles. The molecule has 7 heteroatoms. The SMILES string of the molecule is CCc1ccc2nc(NC(=O)c3c(C)c(C)nn(C)c3=O)sc2c1. The molecule has 1 N–H and O–H groups in total. The predicted octanol–water partition coefficient (Wildman–Crippen LogP) is 2.82. The van der Waals surface area contributed by atoms with Crippen LogP contribution in [0.2, 0.25) is 0 Å². The summed E-state index contributed by atoms with van der Waals surface area (Å²) in [4.78, 5) is 29.2. The summed E-state index contributed by atoms with van der Waals surface area (Å²) in [6.07, 6.45) is 0.945. The molecule has 0 aliphatic rings. The first-order chi connectivity index (χ1) is 11.4. The van der Waals surface area contributed by atoms with Gasteiger partial charge in [0.25, 0.3) is 11.5 Å². The number of amides is 1. The van der Waals surface area contributed by atoms with E-state index in [9.17, 15) is 9.59 Å². The highest BCUT2D eigenvalue weighted by Gasteiger charge is 2.19. The number of anilines is 1. The number of aromatic nitrogens is 3. The minimum Gasteiger partial charge on any atom is -0.298 e. The Bertz CT molecular complexity index is 1000. The molecule has 0 spiro atoms. The third-order valence-electron chi connectivity index (χ3n) is 4.03. The van der Waals surface area contributed by atoms with Crippen molar-refractivity contribution in [3.05, 3.63) is 50.9 Å². The van der Waals surface area contributed by atoms with Crippen molar-refractivity contribution in [2.75, 3.05) is 5.32 Å². The van der Waals surface area contributed by atoms with Crippen LogP contribution >= 0.6 is 11.3 Å². The van der Waals surface area contributed by atoms with Gasteiger partial charge in [-0.25, -0.2) is 9.67 Å². The molecule has 24 heavy (non-hydrogen) atoms. The lowest BCUT2D eigenvalue weighted by atomic mass is 10.1. The molecule has 2 heterocycles. The highest BCUT2D eigenvalue weighted by molar-refractivity contribution is 7.22. The van der Waals surface area contributed by atoms with Gasteiger partial charge in [-0.05, 0) is 43.5 Å². The van der Waals surface area contributed by atoms with Crippen molar-refractivity contribution in [3.8, 4) is 0 Å². The van der Waals surface area contributed by atoms with Crippen LogP contribution in [0.5, 0.6) is 0 Å². The lowest BCUT2D eigenvalue weighted by Crippen LogP contribution is -2.31. The van der Waals surface area contributed by atoms with Gasteiger partial charge in [-0.1, -0.05) is 24.3 Å². The Hall–Kier alpha value is -2.54. The summed E-state index contributed by atoms with van der Waals surface area (Å²) in [5, 5.41) is 7.32. The fourth-order valence-corrected chi connectivity index (χ4v) is 3.44. The minimum absolute atomic E-state index is 0.110. The van der Waals surface area contributed by atoms with Crippen LogP contribution in [0.15, 0.2) is 23.0 Å². The van der Waals surface area contributed by atoms with Gasteiger partial charge >= 0.3 is 0 Å². The second-order valence-corrected chi connectivity index (χ2v) is 6.67. The van der Waals surface area contributed by atoms with Gasteiger partial charge in [0.15, 0.2) is 5.13 Å². The average molecular weight is 342 g/mol. The quantitative estimate of drug-likeness (QED) is 0.794. The summed E-state index contributed by atoms with van der Waals surface area (Å²) >= 11 is 1.40. The maximum absolute atomic E-state index is 12.6. The first-order valence-electron chi connectivity index (χ1n) is 7.66. The average Bonchev–Trinajstić information content (AvgIpc) is 2.94. The summed E-state index contributed by atoms with van der Waals surface area (Å²) in [6.45, 7) is 5.59.